The molecule has 3 rings (SSSR count). The van der Waals surface area contributed by atoms with E-state index in [0.717, 1.165) is 25.7 Å². The maximum Gasteiger partial charge on any atom is 0.00668 e. The highest BCUT2D eigenvalue weighted by Crippen LogP contribution is 2.51. The van der Waals surface area contributed by atoms with Crippen molar-refractivity contribution < 1.29 is 0 Å². The van der Waals surface area contributed by atoms with Crippen LogP contribution in [-0.4, -0.2) is 0 Å². The van der Waals surface area contributed by atoms with Crippen LogP contribution in [0.5, 0.6) is 0 Å². The Bertz CT molecular complexity index is 871. The molecule has 0 amide bonds. The molecular weight excluding hydrogens is 336 g/mol. The van der Waals surface area contributed by atoms with Crippen molar-refractivity contribution in [2.45, 2.75) is 60.3 Å². The van der Waals surface area contributed by atoms with Crippen LogP contribution in [0.4, 0.5) is 0 Å². The van der Waals surface area contributed by atoms with Gasteiger partial charge in [-0.3, -0.25) is 0 Å². The van der Waals surface area contributed by atoms with E-state index in [2.05, 4.69) is 84.2 Å². The molecule has 3 unspecified atom stereocenters. The van der Waals surface area contributed by atoms with Crippen LogP contribution in [0.3, 0.4) is 0 Å². The fourth-order valence-electron chi connectivity index (χ4n) is 5.20. The molecular formula is C28H36. The fraction of sp³-hybridized carbons (Fsp3) is 0.429. The minimum atomic E-state index is 0.426. The minimum absolute atomic E-state index is 0.426. The molecule has 0 saturated carbocycles. The molecule has 0 spiro atoms. The second-order valence-electron chi connectivity index (χ2n) is 8.33. The normalized spacial score (nSPS) is 24.9. The molecule has 0 bridgehead atoms. The second-order valence-corrected chi connectivity index (χ2v) is 8.33. The Morgan fingerprint density at radius 3 is 2.18 bits per heavy atom. The van der Waals surface area contributed by atoms with Crippen LogP contribution in [0, 0.1) is 17.8 Å². The molecule has 0 fully saturated rings. The van der Waals surface area contributed by atoms with Gasteiger partial charge >= 0.3 is 0 Å². The highest BCUT2D eigenvalue weighted by atomic mass is 14.4. The zero-order valence-electron chi connectivity index (χ0n) is 18.4. The lowest BCUT2D eigenvalue weighted by molar-refractivity contribution is 0.542. The van der Waals surface area contributed by atoms with Crippen LogP contribution in [0.1, 0.15) is 64.2 Å². The molecule has 1 aromatic carbocycles. The van der Waals surface area contributed by atoms with Crippen molar-refractivity contribution in [2.24, 2.45) is 17.8 Å². The summed E-state index contributed by atoms with van der Waals surface area (Å²) in [6.45, 7) is 20.3. The smallest absolute Gasteiger partial charge is 0.00668 e. The van der Waals surface area contributed by atoms with Gasteiger partial charge in [0.1, 0.15) is 0 Å². The number of aryl methyl sites for hydroxylation is 2. The maximum absolute atomic E-state index is 4.50. The molecule has 0 radical (unpaired) electrons. The standard InChI is InChI=1S/C28H36/c1-8-22-14-12-21(16-23(22)9-2)13-15-24-17-27-26(11-4)19(6)25(10-3)20(7)28(27)18(24)5/h12-18,25-26H,6-11H2,1-5H3/b15-13+. The summed E-state index contributed by atoms with van der Waals surface area (Å²) in [4.78, 5) is 0. The predicted octanol–water partition coefficient (Wildman–Crippen LogP) is 7.88. The van der Waals surface area contributed by atoms with Crippen molar-refractivity contribution in [3.8, 4) is 0 Å². The Hall–Kier alpha value is -2.08. The van der Waals surface area contributed by atoms with E-state index in [1.54, 1.807) is 0 Å². The Balaban J connectivity index is 1.90. The van der Waals surface area contributed by atoms with Gasteiger partial charge in [0.2, 0.25) is 0 Å². The van der Waals surface area contributed by atoms with E-state index >= 15 is 0 Å². The Morgan fingerprint density at radius 2 is 1.57 bits per heavy atom. The van der Waals surface area contributed by atoms with E-state index < -0.39 is 0 Å². The summed E-state index contributed by atoms with van der Waals surface area (Å²) < 4.78 is 0. The predicted molar refractivity (Wildman–Crippen MR) is 124 cm³/mol. The minimum Gasteiger partial charge on any atom is -0.0986 e. The zero-order chi connectivity index (χ0) is 20.4. The highest BCUT2D eigenvalue weighted by Gasteiger charge is 2.37. The van der Waals surface area contributed by atoms with Crippen molar-refractivity contribution in [1.82, 2.24) is 0 Å². The van der Waals surface area contributed by atoms with Gasteiger partial charge in [-0.15, -0.1) is 0 Å². The van der Waals surface area contributed by atoms with E-state index in [0.29, 0.717) is 17.8 Å². The van der Waals surface area contributed by atoms with Crippen molar-refractivity contribution in [2.75, 3.05) is 0 Å². The molecule has 2 aliphatic rings. The molecule has 28 heavy (non-hydrogen) atoms. The van der Waals surface area contributed by atoms with Crippen molar-refractivity contribution in [3.05, 3.63) is 88.1 Å². The first kappa shape index (κ1) is 20.6. The van der Waals surface area contributed by atoms with Crippen LogP contribution in [0.15, 0.2) is 71.4 Å². The first-order chi connectivity index (χ1) is 13.5. The quantitative estimate of drug-likeness (QED) is 0.445. The van der Waals surface area contributed by atoms with Crippen LogP contribution >= 0.6 is 0 Å². The van der Waals surface area contributed by atoms with Gasteiger partial charge in [0.05, 0.1) is 0 Å². The number of allylic oxidation sites excluding steroid dienone is 7. The van der Waals surface area contributed by atoms with Crippen molar-refractivity contribution >= 4 is 6.08 Å². The summed E-state index contributed by atoms with van der Waals surface area (Å²) in [6.07, 6.45) is 11.5. The molecule has 0 nitrogen and oxygen atoms in total. The molecule has 0 N–H and O–H groups in total. The van der Waals surface area contributed by atoms with Crippen LogP contribution in [-0.2, 0) is 12.8 Å². The zero-order valence-corrected chi connectivity index (χ0v) is 18.4. The number of rotatable bonds is 6. The fourth-order valence-corrected chi connectivity index (χ4v) is 5.20. The summed E-state index contributed by atoms with van der Waals surface area (Å²) in [5.74, 6) is 1.35. The van der Waals surface area contributed by atoms with Gasteiger partial charge in [0, 0.05) is 17.8 Å². The van der Waals surface area contributed by atoms with Crippen LogP contribution < -0.4 is 0 Å². The summed E-state index contributed by atoms with van der Waals surface area (Å²) >= 11 is 0. The van der Waals surface area contributed by atoms with Gasteiger partial charge in [-0.1, -0.05) is 89.8 Å². The highest BCUT2D eigenvalue weighted by molar-refractivity contribution is 5.64. The lowest BCUT2D eigenvalue weighted by Crippen LogP contribution is -2.23. The topological polar surface area (TPSA) is 0 Å². The molecule has 0 saturated heterocycles. The molecule has 0 heteroatoms. The van der Waals surface area contributed by atoms with E-state index in [4.69, 9.17) is 0 Å². The molecule has 3 atom stereocenters. The number of hydrogen-bond acceptors (Lipinski definition) is 0. The molecule has 0 heterocycles. The summed E-state index contributed by atoms with van der Waals surface area (Å²) in [5.41, 5.74) is 11.3. The average molecular weight is 373 g/mol. The Kier molecular flexibility index (Phi) is 6.28. The van der Waals surface area contributed by atoms with Crippen molar-refractivity contribution in [1.29, 1.82) is 0 Å². The third kappa shape index (κ3) is 3.50. The van der Waals surface area contributed by atoms with Gasteiger partial charge in [-0.05, 0) is 64.7 Å². The van der Waals surface area contributed by atoms with Gasteiger partial charge < -0.3 is 0 Å². The first-order valence-corrected chi connectivity index (χ1v) is 11.1. The van der Waals surface area contributed by atoms with Crippen LogP contribution in [0.2, 0.25) is 0 Å². The third-order valence-corrected chi connectivity index (χ3v) is 6.88. The molecule has 148 valence electrons. The lowest BCUT2D eigenvalue weighted by Gasteiger charge is -2.36. The summed E-state index contributed by atoms with van der Waals surface area (Å²) in [5, 5.41) is 0. The van der Waals surface area contributed by atoms with Gasteiger partial charge in [0.25, 0.3) is 0 Å². The second kappa shape index (κ2) is 8.52. The molecule has 0 aromatic heterocycles. The van der Waals surface area contributed by atoms with Crippen LogP contribution in [0.25, 0.3) is 6.08 Å². The van der Waals surface area contributed by atoms with Gasteiger partial charge in [-0.2, -0.15) is 0 Å². The van der Waals surface area contributed by atoms with E-state index in [1.807, 2.05) is 0 Å². The van der Waals surface area contributed by atoms with E-state index in [9.17, 15) is 0 Å². The molecule has 2 aliphatic carbocycles. The summed E-state index contributed by atoms with van der Waals surface area (Å²) in [7, 11) is 0. The van der Waals surface area contributed by atoms with E-state index in [-0.39, 0.29) is 0 Å². The third-order valence-electron chi connectivity index (χ3n) is 6.88. The Labute approximate surface area is 172 Å². The SMILES string of the molecule is C=C1C2=C(C=C(/C=C/c3ccc(CC)c(CC)c3)C2C)C(CC)C(=C)C1CC. The van der Waals surface area contributed by atoms with Gasteiger partial charge in [0.15, 0.2) is 0 Å². The summed E-state index contributed by atoms with van der Waals surface area (Å²) in [6, 6.07) is 6.90. The maximum atomic E-state index is 4.50. The largest absolute Gasteiger partial charge is 0.0986 e. The monoisotopic (exact) mass is 372 g/mol. The first-order valence-electron chi connectivity index (χ1n) is 11.1. The Morgan fingerprint density at radius 1 is 0.893 bits per heavy atom. The molecule has 1 aromatic rings. The van der Waals surface area contributed by atoms with E-state index in [1.165, 1.54) is 44.6 Å². The lowest BCUT2D eigenvalue weighted by atomic mass is 9.69. The number of hydrogen-bond donors (Lipinski definition) is 0. The number of benzene rings is 1. The van der Waals surface area contributed by atoms with Crippen molar-refractivity contribution in [3.63, 3.8) is 0 Å². The van der Waals surface area contributed by atoms with Gasteiger partial charge in [-0.25, -0.2) is 0 Å². The molecule has 0 aliphatic heterocycles. The average Bonchev–Trinajstić information content (AvgIpc) is 3.03.